The first-order chi connectivity index (χ1) is 16.2. The Morgan fingerprint density at radius 2 is 1.91 bits per heavy atom. The van der Waals surface area contributed by atoms with Crippen LogP contribution in [0.15, 0.2) is 65.6 Å². The molecular weight excluding hydrogens is 416 g/mol. The number of aromatic nitrogens is 3. The molecule has 2 aromatic heterocycles. The summed E-state index contributed by atoms with van der Waals surface area (Å²) in [6.07, 6.45) is 3.54. The van der Waals surface area contributed by atoms with E-state index in [0.717, 1.165) is 35.3 Å². The average Bonchev–Trinajstić information content (AvgIpc) is 3.21. The molecule has 0 unspecified atom stereocenters. The van der Waals surface area contributed by atoms with Gasteiger partial charge < -0.3 is 18.6 Å². The third-order valence-electron chi connectivity index (χ3n) is 6.08. The number of fused-ring (bicyclic) bond motifs is 1. The van der Waals surface area contributed by atoms with Gasteiger partial charge in [0.05, 0.1) is 11.6 Å². The van der Waals surface area contributed by atoms with E-state index >= 15 is 0 Å². The van der Waals surface area contributed by atoms with E-state index in [0.29, 0.717) is 30.2 Å². The van der Waals surface area contributed by atoms with E-state index in [9.17, 15) is 10.1 Å². The zero-order chi connectivity index (χ0) is 22.8. The number of benzene rings is 2. The smallest absolute Gasteiger partial charge is 0.250 e. The summed E-state index contributed by atoms with van der Waals surface area (Å²) in [5, 5.41) is 9.53. The number of hydrogen-bond acceptors (Lipinski definition) is 5. The number of nitrogens with zero attached hydrogens (tertiary/aromatic N) is 4. The van der Waals surface area contributed by atoms with E-state index < -0.39 is 0 Å². The summed E-state index contributed by atoms with van der Waals surface area (Å²) in [6.45, 7) is 1.60. The van der Waals surface area contributed by atoms with Gasteiger partial charge in [0.15, 0.2) is 5.75 Å². The van der Waals surface area contributed by atoms with Crippen LogP contribution in [-0.4, -0.2) is 27.3 Å². The van der Waals surface area contributed by atoms with Crippen molar-refractivity contribution in [3.8, 4) is 28.7 Å². The van der Waals surface area contributed by atoms with E-state index in [2.05, 4.69) is 6.07 Å². The molecule has 166 valence electrons. The number of hydrogen-bond donors (Lipinski definition) is 0. The Bertz CT molecular complexity index is 1390. The number of ether oxygens (including phenoxy) is 2. The second kappa shape index (κ2) is 8.93. The molecular formula is C26H24N4O3. The Balaban J connectivity index is 1.74. The van der Waals surface area contributed by atoms with Crippen molar-refractivity contribution in [3.63, 3.8) is 0 Å². The van der Waals surface area contributed by atoms with Crippen LogP contribution in [0.1, 0.15) is 24.6 Å². The number of aryl methyl sites for hydroxylation is 1. The number of rotatable bonds is 5. The topological polar surface area (TPSA) is 82.1 Å². The van der Waals surface area contributed by atoms with Crippen LogP contribution >= 0.6 is 0 Å². The average molecular weight is 441 g/mol. The summed E-state index contributed by atoms with van der Waals surface area (Å²) >= 11 is 0. The molecule has 7 nitrogen and oxygen atoms in total. The van der Waals surface area contributed by atoms with Crippen LogP contribution in [0.3, 0.4) is 0 Å². The predicted octanol–water partition coefficient (Wildman–Crippen LogP) is 4.61. The summed E-state index contributed by atoms with van der Waals surface area (Å²) in [5.41, 5.74) is 3.18. The van der Waals surface area contributed by atoms with Crippen molar-refractivity contribution in [2.45, 2.75) is 25.3 Å². The lowest BCUT2D eigenvalue weighted by Crippen LogP contribution is -2.18. The highest BCUT2D eigenvalue weighted by molar-refractivity contribution is 5.91. The SMILES string of the molecule is Cn1cc(-c2ccc3c(nc(C4CCOCC4)n3CC#N)c2Oc2ccccc2)ccc1=O. The number of nitriles is 1. The molecule has 0 bridgehead atoms. The number of pyridine rings is 1. The molecule has 0 atom stereocenters. The van der Waals surface area contributed by atoms with Crippen molar-refractivity contribution in [3.05, 3.63) is 77.0 Å². The Hall–Kier alpha value is -3.89. The fourth-order valence-corrected chi connectivity index (χ4v) is 4.38. The first-order valence-electron chi connectivity index (χ1n) is 11.0. The monoisotopic (exact) mass is 440 g/mol. The minimum atomic E-state index is -0.0783. The highest BCUT2D eigenvalue weighted by atomic mass is 16.5. The van der Waals surface area contributed by atoms with Crippen molar-refractivity contribution in [2.75, 3.05) is 13.2 Å². The Morgan fingerprint density at radius 1 is 1.12 bits per heavy atom. The first-order valence-corrected chi connectivity index (χ1v) is 11.0. The highest BCUT2D eigenvalue weighted by Crippen LogP contribution is 2.41. The highest BCUT2D eigenvalue weighted by Gasteiger charge is 2.25. The fraction of sp³-hybridized carbons (Fsp3) is 0.269. The lowest BCUT2D eigenvalue weighted by atomic mass is 9.99. The van der Waals surface area contributed by atoms with Gasteiger partial charge in [-0.2, -0.15) is 5.26 Å². The van der Waals surface area contributed by atoms with E-state index in [1.807, 2.05) is 47.0 Å². The molecule has 0 radical (unpaired) electrons. The molecule has 4 aromatic rings. The summed E-state index contributed by atoms with van der Waals surface area (Å²) in [4.78, 5) is 17.0. The first kappa shape index (κ1) is 21.0. The molecule has 3 heterocycles. The molecule has 0 spiro atoms. The van der Waals surface area contributed by atoms with Gasteiger partial charge in [-0.25, -0.2) is 4.98 Å². The quantitative estimate of drug-likeness (QED) is 0.453. The van der Waals surface area contributed by atoms with Gasteiger partial charge in [0.1, 0.15) is 23.6 Å². The van der Waals surface area contributed by atoms with Gasteiger partial charge >= 0.3 is 0 Å². The second-order valence-electron chi connectivity index (χ2n) is 8.19. The largest absolute Gasteiger partial charge is 0.454 e. The van der Waals surface area contributed by atoms with Crippen molar-refractivity contribution in [1.82, 2.24) is 14.1 Å². The van der Waals surface area contributed by atoms with E-state index in [1.165, 1.54) is 0 Å². The van der Waals surface area contributed by atoms with Gasteiger partial charge in [0.2, 0.25) is 5.56 Å². The van der Waals surface area contributed by atoms with Crippen molar-refractivity contribution >= 4 is 11.0 Å². The Labute approximate surface area is 191 Å². The molecule has 0 aliphatic carbocycles. The van der Waals surface area contributed by atoms with Gasteiger partial charge in [0, 0.05) is 49.6 Å². The fourth-order valence-electron chi connectivity index (χ4n) is 4.38. The van der Waals surface area contributed by atoms with Gasteiger partial charge in [-0.1, -0.05) is 18.2 Å². The summed E-state index contributed by atoms with van der Waals surface area (Å²) < 4.78 is 15.5. The molecule has 1 aliphatic heterocycles. The standard InChI is InChI=1S/C26H24N4O3/c1-29-17-19(7-10-23(29)31)21-8-9-22-24(25(21)33-20-5-3-2-4-6-20)28-26(30(22)14-13-27)18-11-15-32-16-12-18/h2-10,17-18H,11-12,14-16H2,1H3. The lowest BCUT2D eigenvalue weighted by molar-refractivity contribution is 0.0830. The van der Waals surface area contributed by atoms with Crippen molar-refractivity contribution in [2.24, 2.45) is 7.05 Å². The molecule has 33 heavy (non-hydrogen) atoms. The number of imidazole rings is 1. The zero-order valence-corrected chi connectivity index (χ0v) is 18.4. The van der Waals surface area contributed by atoms with Crippen LogP contribution in [0, 0.1) is 11.3 Å². The minimum absolute atomic E-state index is 0.0783. The van der Waals surface area contributed by atoms with E-state index in [-0.39, 0.29) is 18.0 Å². The summed E-state index contributed by atoms with van der Waals surface area (Å²) in [5.74, 6) is 2.43. The molecule has 1 saturated heterocycles. The van der Waals surface area contributed by atoms with Crippen LogP contribution in [0.2, 0.25) is 0 Å². The van der Waals surface area contributed by atoms with Crippen LogP contribution in [0.4, 0.5) is 0 Å². The molecule has 0 N–H and O–H groups in total. The van der Waals surface area contributed by atoms with Gasteiger partial charge in [0.25, 0.3) is 0 Å². The molecule has 7 heteroatoms. The maximum Gasteiger partial charge on any atom is 0.250 e. The van der Waals surface area contributed by atoms with Gasteiger partial charge in [-0.15, -0.1) is 0 Å². The zero-order valence-electron chi connectivity index (χ0n) is 18.4. The third kappa shape index (κ3) is 4.01. The molecule has 1 fully saturated rings. The normalized spacial score (nSPS) is 14.3. The van der Waals surface area contributed by atoms with Crippen LogP contribution in [-0.2, 0) is 18.3 Å². The number of para-hydroxylation sites is 1. The second-order valence-corrected chi connectivity index (χ2v) is 8.19. The van der Waals surface area contributed by atoms with Crippen LogP contribution in [0.25, 0.3) is 22.2 Å². The Morgan fingerprint density at radius 3 is 2.64 bits per heavy atom. The summed E-state index contributed by atoms with van der Waals surface area (Å²) in [7, 11) is 1.73. The molecule has 1 aliphatic rings. The third-order valence-corrected chi connectivity index (χ3v) is 6.08. The lowest BCUT2D eigenvalue weighted by Gasteiger charge is -2.21. The molecule has 0 amide bonds. The molecule has 0 saturated carbocycles. The van der Waals surface area contributed by atoms with Crippen molar-refractivity contribution in [1.29, 1.82) is 5.26 Å². The van der Waals surface area contributed by atoms with Crippen LogP contribution in [0.5, 0.6) is 11.5 Å². The minimum Gasteiger partial charge on any atom is -0.454 e. The molecule has 5 rings (SSSR count). The predicted molar refractivity (Wildman–Crippen MR) is 125 cm³/mol. The van der Waals surface area contributed by atoms with Gasteiger partial charge in [-0.3, -0.25) is 4.79 Å². The van der Waals surface area contributed by atoms with Crippen molar-refractivity contribution < 1.29 is 9.47 Å². The van der Waals surface area contributed by atoms with Crippen LogP contribution < -0.4 is 10.3 Å². The summed E-state index contributed by atoms with van der Waals surface area (Å²) in [6, 6.07) is 19.2. The van der Waals surface area contributed by atoms with Gasteiger partial charge in [-0.05, 0) is 43.2 Å². The maximum atomic E-state index is 12.0. The van der Waals surface area contributed by atoms with E-state index in [4.69, 9.17) is 14.5 Å². The molecule has 2 aromatic carbocycles. The maximum absolute atomic E-state index is 12.0. The Kier molecular flexibility index (Phi) is 5.68. The van der Waals surface area contributed by atoms with E-state index in [1.54, 1.807) is 29.9 Å².